The predicted octanol–water partition coefficient (Wildman–Crippen LogP) is 3.99. The van der Waals surface area contributed by atoms with E-state index in [1.54, 1.807) is 24.3 Å². The molecule has 0 bridgehead atoms. The maximum Gasteiger partial charge on any atom is 0.270 e. The van der Waals surface area contributed by atoms with Crippen molar-refractivity contribution in [2.24, 2.45) is 0 Å². The van der Waals surface area contributed by atoms with Crippen molar-refractivity contribution in [2.45, 2.75) is 32.0 Å². The fourth-order valence-corrected chi connectivity index (χ4v) is 5.13. The minimum Gasteiger partial charge on any atom is -0.324 e. The van der Waals surface area contributed by atoms with Crippen molar-refractivity contribution in [1.82, 2.24) is 19.2 Å². The number of anilines is 1. The Morgan fingerprint density at radius 1 is 1.38 bits per heavy atom. The minimum absolute atomic E-state index is 0.0699. The molecule has 7 nitrogen and oxygen atoms in total. The van der Waals surface area contributed by atoms with Crippen LogP contribution in [0.1, 0.15) is 17.4 Å². The SMILES string of the molecule is CCc1c(C)sc2nc3n(CC(=O)Nc4cccc(Cl)c4)nc(SC)n3c(=O)c12. The number of nitrogens with zero attached hydrogens (tertiary/aromatic N) is 4. The Balaban J connectivity index is 1.79. The second kappa shape index (κ2) is 7.81. The van der Waals surface area contributed by atoms with Crippen LogP contribution in [0.4, 0.5) is 5.69 Å². The Morgan fingerprint density at radius 3 is 2.86 bits per heavy atom. The molecule has 0 spiro atoms. The van der Waals surface area contributed by atoms with Gasteiger partial charge < -0.3 is 5.32 Å². The summed E-state index contributed by atoms with van der Waals surface area (Å²) in [6.07, 6.45) is 2.61. The maximum atomic E-state index is 13.2. The summed E-state index contributed by atoms with van der Waals surface area (Å²) < 4.78 is 2.96. The number of fused-ring (bicyclic) bond motifs is 2. The lowest BCUT2D eigenvalue weighted by Gasteiger charge is -2.06. The van der Waals surface area contributed by atoms with E-state index in [1.165, 1.54) is 32.2 Å². The summed E-state index contributed by atoms with van der Waals surface area (Å²) in [5.41, 5.74) is 1.48. The van der Waals surface area contributed by atoms with E-state index in [1.807, 2.05) is 20.1 Å². The molecule has 3 heterocycles. The Hall–Kier alpha value is -2.36. The van der Waals surface area contributed by atoms with Gasteiger partial charge in [0.1, 0.15) is 11.4 Å². The minimum atomic E-state index is -0.282. The Bertz CT molecular complexity index is 1310. The van der Waals surface area contributed by atoms with Crippen molar-refractivity contribution in [2.75, 3.05) is 11.6 Å². The fraction of sp³-hybridized carbons (Fsp3) is 0.263. The summed E-state index contributed by atoms with van der Waals surface area (Å²) in [6.45, 7) is 3.96. The summed E-state index contributed by atoms with van der Waals surface area (Å²) >= 11 is 8.80. The lowest BCUT2D eigenvalue weighted by atomic mass is 10.1. The number of halogens is 1. The molecule has 1 aromatic carbocycles. The molecule has 0 unspecified atom stereocenters. The smallest absolute Gasteiger partial charge is 0.270 e. The number of benzene rings is 1. The molecule has 1 N–H and O–H groups in total. The van der Waals surface area contributed by atoms with E-state index in [-0.39, 0.29) is 18.0 Å². The van der Waals surface area contributed by atoms with E-state index in [9.17, 15) is 9.59 Å². The van der Waals surface area contributed by atoms with Crippen molar-refractivity contribution in [3.05, 3.63) is 50.1 Å². The van der Waals surface area contributed by atoms with Gasteiger partial charge in [-0.25, -0.2) is 14.1 Å². The second-order valence-electron chi connectivity index (χ2n) is 6.43. The molecule has 4 aromatic rings. The normalized spacial score (nSPS) is 11.4. The number of thioether (sulfide) groups is 1. The maximum absolute atomic E-state index is 13.2. The summed E-state index contributed by atoms with van der Waals surface area (Å²) in [5, 5.41) is 8.92. The Morgan fingerprint density at radius 2 is 2.17 bits per heavy atom. The van der Waals surface area contributed by atoms with Crippen molar-refractivity contribution >= 4 is 62.3 Å². The Kier molecular flexibility index (Phi) is 5.37. The lowest BCUT2D eigenvalue weighted by molar-refractivity contribution is -0.116. The molecule has 10 heteroatoms. The van der Waals surface area contributed by atoms with Gasteiger partial charge in [-0.15, -0.1) is 16.4 Å². The van der Waals surface area contributed by atoms with Crippen molar-refractivity contribution in [1.29, 1.82) is 0 Å². The van der Waals surface area contributed by atoms with Crippen molar-refractivity contribution < 1.29 is 4.79 Å². The first-order valence-electron chi connectivity index (χ1n) is 8.93. The number of aryl methyl sites for hydroxylation is 2. The van der Waals surface area contributed by atoms with Gasteiger partial charge in [0.25, 0.3) is 5.56 Å². The lowest BCUT2D eigenvalue weighted by Crippen LogP contribution is -2.21. The largest absolute Gasteiger partial charge is 0.324 e. The molecule has 29 heavy (non-hydrogen) atoms. The number of nitrogens with one attached hydrogen (secondary N) is 1. The summed E-state index contributed by atoms with van der Waals surface area (Å²) in [6, 6.07) is 6.92. The zero-order valence-electron chi connectivity index (χ0n) is 16.0. The van der Waals surface area contributed by atoms with Crippen LogP contribution in [0.2, 0.25) is 5.02 Å². The highest BCUT2D eigenvalue weighted by atomic mass is 35.5. The van der Waals surface area contributed by atoms with Gasteiger partial charge >= 0.3 is 0 Å². The summed E-state index contributed by atoms with van der Waals surface area (Å²) in [4.78, 5) is 32.2. The average Bonchev–Trinajstić information content (AvgIpc) is 3.19. The first-order valence-corrected chi connectivity index (χ1v) is 11.4. The molecule has 0 fully saturated rings. The van der Waals surface area contributed by atoms with E-state index >= 15 is 0 Å². The highest BCUT2D eigenvalue weighted by Crippen LogP contribution is 2.28. The third-order valence-corrected chi connectivity index (χ3v) is 6.48. The van der Waals surface area contributed by atoms with Gasteiger partial charge in [-0.2, -0.15) is 0 Å². The zero-order chi connectivity index (χ0) is 20.7. The molecule has 4 rings (SSSR count). The van der Waals surface area contributed by atoms with E-state index in [4.69, 9.17) is 11.6 Å². The summed E-state index contributed by atoms with van der Waals surface area (Å²) in [7, 11) is 0. The molecule has 3 aromatic heterocycles. The van der Waals surface area contributed by atoms with Gasteiger partial charge in [0.15, 0.2) is 5.16 Å². The zero-order valence-corrected chi connectivity index (χ0v) is 18.4. The molecule has 0 radical (unpaired) electrons. The molecule has 1 amide bonds. The topological polar surface area (TPSA) is 81.3 Å². The van der Waals surface area contributed by atoms with E-state index in [0.717, 1.165) is 16.9 Å². The standard InChI is InChI=1S/C19H18ClN5O2S2/c1-4-13-10(2)29-16-15(13)17(27)25-18(22-16)24(23-19(25)28-3)9-14(26)21-12-7-5-6-11(20)8-12/h5-8H,4,9H2,1-3H3,(H,21,26). The highest BCUT2D eigenvalue weighted by Gasteiger charge is 2.21. The van der Waals surface area contributed by atoms with Gasteiger partial charge in [0.2, 0.25) is 11.7 Å². The van der Waals surface area contributed by atoms with Crippen LogP contribution in [0.5, 0.6) is 0 Å². The number of hydrogen-bond donors (Lipinski definition) is 1. The number of carbonyl (C=O) groups excluding carboxylic acids is 1. The van der Waals surface area contributed by atoms with Crippen LogP contribution in [0, 0.1) is 6.92 Å². The van der Waals surface area contributed by atoms with Crippen LogP contribution in [0.3, 0.4) is 0 Å². The number of aromatic nitrogens is 4. The molecule has 0 saturated heterocycles. The number of thiophene rings is 1. The van der Waals surface area contributed by atoms with E-state index in [2.05, 4.69) is 15.4 Å². The van der Waals surface area contributed by atoms with Gasteiger partial charge in [-0.05, 0) is 43.4 Å². The van der Waals surface area contributed by atoms with E-state index < -0.39 is 0 Å². The fourth-order valence-electron chi connectivity index (χ4n) is 3.31. The third kappa shape index (κ3) is 3.54. The van der Waals surface area contributed by atoms with Gasteiger partial charge in [0.05, 0.1) is 5.39 Å². The first-order chi connectivity index (χ1) is 13.9. The predicted molar refractivity (Wildman–Crippen MR) is 119 cm³/mol. The van der Waals surface area contributed by atoms with Gasteiger partial charge in [-0.1, -0.05) is 36.4 Å². The van der Waals surface area contributed by atoms with E-state index in [0.29, 0.717) is 31.9 Å². The first kappa shape index (κ1) is 19.9. The molecule has 0 aliphatic carbocycles. The quantitative estimate of drug-likeness (QED) is 0.468. The molecular weight excluding hydrogens is 430 g/mol. The van der Waals surface area contributed by atoms with Crippen LogP contribution >= 0.6 is 34.7 Å². The molecule has 0 saturated carbocycles. The Labute approximate surface area is 179 Å². The van der Waals surface area contributed by atoms with Gasteiger partial charge in [0, 0.05) is 15.6 Å². The second-order valence-corrected chi connectivity index (χ2v) is 8.84. The van der Waals surface area contributed by atoms with Crippen molar-refractivity contribution in [3.8, 4) is 0 Å². The number of carbonyl (C=O) groups is 1. The summed E-state index contributed by atoms with van der Waals surface area (Å²) in [5.74, 6) is 0.0767. The number of amides is 1. The number of hydrogen-bond acceptors (Lipinski definition) is 6. The van der Waals surface area contributed by atoms with Crippen LogP contribution in [0.15, 0.2) is 34.2 Å². The highest BCUT2D eigenvalue weighted by molar-refractivity contribution is 7.98. The molecular formula is C19H18ClN5O2S2. The number of rotatable bonds is 5. The van der Waals surface area contributed by atoms with Crippen molar-refractivity contribution in [3.63, 3.8) is 0 Å². The monoisotopic (exact) mass is 447 g/mol. The molecule has 0 atom stereocenters. The van der Waals surface area contributed by atoms with Crippen LogP contribution in [-0.2, 0) is 17.8 Å². The third-order valence-electron chi connectivity index (χ3n) is 4.58. The molecule has 150 valence electrons. The molecule has 0 aliphatic heterocycles. The van der Waals surface area contributed by atoms with Crippen LogP contribution < -0.4 is 10.9 Å². The average molecular weight is 448 g/mol. The van der Waals surface area contributed by atoms with Crippen LogP contribution in [0.25, 0.3) is 16.0 Å². The molecule has 0 aliphatic rings. The van der Waals surface area contributed by atoms with Gasteiger partial charge in [-0.3, -0.25) is 9.59 Å². The van der Waals surface area contributed by atoms with Crippen LogP contribution in [-0.4, -0.2) is 31.3 Å².